The fourth-order valence-corrected chi connectivity index (χ4v) is 3.30. The molecule has 7 nitrogen and oxygen atoms in total. The summed E-state index contributed by atoms with van der Waals surface area (Å²) in [7, 11) is 0. The molecular formula is C21H19N5O2. The number of hydrogen-bond acceptors (Lipinski definition) is 4. The fourth-order valence-electron chi connectivity index (χ4n) is 3.30. The maximum atomic E-state index is 12.7. The molecule has 0 saturated carbocycles. The summed E-state index contributed by atoms with van der Waals surface area (Å²) in [6.45, 7) is 0. The topological polar surface area (TPSA) is 96.0 Å². The summed E-state index contributed by atoms with van der Waals surface area (Å²) in [5.74, 6) is -0.246. The fraction of sp³-hybridized carbons (Fsp3) is 0.143. The van der Waals surface area contributed by atoms with Crippen LogP contribution in [0.3, 0.4) is 0 Å². The van der Waals surface area contributed by atoms with Crippen molar-refractivity contribution in [1.29, 1.82) is 0 Å². The Hall–Kier alpha value is -3.74. The second-order valence-corrected chi connectivity index (χ2v) is 6.55. The lowest BCUT2D eigenvalue weighted by Crippen LogP contribution is -2.36. The van der Waals surface area contributed by atoms with Crippen LogP contribution in [0.1, 0.15) is 21.6 Å². The second-order valence-electron chi connectivity index (χ2n) is 6.55. The van der Waals surface area contributed by atoms with E-state index in [2.05, 4.69) is 38.1 Å². The normalized spacial score (nSPS) is 12.9. The number of amides is 3. The Kier molecular flexibility index (Phi) is 4.97. The number of benzene rings is 2. The average Bonchev–Trinajstić information content (AvgIpc) is 3.11. The van der Waals surface area contributed by atoms with Crippen molar-refractivity contribution in [1.82, 2.24) is 15.3 Å². The molecule has 2 aromatic carbocycles. The van der Waals surface area contributed by atoms with Crippen LogP contribution in [0.15, 0.2) is 67.0 Å². The summed E-state index contributed by atoms with van der Waals surface area (Å²) < 4.78 is 0. The Morgan fingerprint density at radius 3 is 2.18 bits per heavy atom. The number of carbonyl (C=O) groups is 2. The standard InChI is InChI=1S/C21H19N5O2/c27-20(24-17-12-14-6-4-5-7-15(14)13-17)18-19(23-11-10-22-18)26-21(28)25-16-8-2-1-3-9-16/h1-11,17H,12-13H2,(H,24,27)(H2,23,25,26,28). The van der Waals surface area contributed by atoms with Gasteiger partial charge in [-0.1, -0.05) is 42.5 Å². The van der Waals surface area contributed by atoms with Crippen molar-refractivity contribution >= 4 is 23.4 Å². The van der Waals surface area contributed by atoms with Crippen molar-refractivity contribution in [3.05, 3.63) is 83.8 Å². The van der Waals surface area contributed by atoms with E-state index in [0.29, 0.717) is 5.69 Å². The van der Waals surface area contributed by atoms with Gasteiger partial charge in [0.15, 0.2) is 11.5 Å². The van der Waals surface area contributed by atoms with Gasteiger partial charge in [-0.2, -0.15) is 0 Å². The summed E-state index contributed by atoms with van der Waals surface area (Å²) in [6.07, 6.45) is 4.41. The van der Waals surface area contributed by atoms with Crippen molar-refractivity contribution in [3.8, 4) is 0 Å². The van der Waals surface area contributed by atoms with Crippen LogP contribution in [0, 0.1) is 0 Å². The Morgan fingerprint density at radius 2 is 1.46 bits per heavy atom. The third kappa shape index (κ3) is 3.98. The van der Waals surface area contributed by atoms with Crippen molar-refractivity contribution < 1.29 is 9.59 Å². The lowest BCUT2D eigenvalue weighted by atomic mass is 10.1. The van der Waals surface area contributed by atoms with Crippen LogP contribution >= 0.6 is 0 Å². The number of carbonyl (C=O) groups excluding carboxylic acids is 2. The monoisotopic (exact) mass is 373 g/mol. The summed E-state index contributed by atoms with van der Waals surface area (Å²) in [4.78, 5) is 33.2. The number of fused-ring (bicyclic) bond motifs is 1. The molecule has 28 heavy (non-hydrogen) atoms. The van der Waals surface area contributed by atoms with Crippen LogP contribution in [0.4, 0.5) is 16.3 Å². The van der Waals surface area contributed by atoms with Gasteiger partial charge in [-0.25, -0.2) is 14.8 Å². The summed E-state index contributed by atoms with van der Waals surface area (Å²) in [6, 6.07) is 16.7. The number of para-hydroxylation sites is 1. The summed E-state index contributed by atoms with van der Waals surface area (Å²) in [5, 5.41) is 8.28. The quantitative estimate of drug-likeness (QED) is 0.655. The molecule has 0 saturated heterocycles. The molecule has 0 aliphatic heterocycles. The van der Waals surface area contributed by atoms with Gasteiger partial charge in [0.2, 0.25) is 0 Å². The molecule has 7 heteroatoms. The third-order valence-corrected chi connectivity index (χ3v) is 4.56. The highest BCUT2D eigenvalue weighted by Crippen LogP contribution is 2.22. The van der Waals surface area contributed by atoms with Crippen LogP contribution in [-0.4, -0.2) is 27.9 Å². The first-order valence-corrected chi connectivity index (χ1v) is 9.01. The van der Waals surface area contributed by atoms with Crippen LogP contribution < -0.4 is 16.0 Å². The molecule has 4 rings (SSSR count). The maximum absolute atomic E-state index is 12.7. The molecule has 0 unspecified atom stereocenters. The Balaban J connectivity index is 1.42. The molecule has 1 heterocycles. The van der Waals surface area contributed by atoms with E-state index in [0.717, 1.165) is 12.8 Å². The smallest absolute Gasteiger partial charge is 0.324 e. The minimum Gasteiger partial charge on any atom is -0.347 e. The van der Waals surface area contributed by atoms with Gasteiger partial charge in [-0.05, 0) is 36.1 Å². The van der Waals surface area contributed by atoms with Gasteiger partial charge in [0.25, 0.3) is 5.91 Å². The largest absolute Gasteiger partial charge is 0.347 e. The Labute approximate surface area is 162 Å². The molecule has 140 valence electrons. The molecule has 0 atom stereocenters. The van der Waals surface area contributed by atoms with Crippen LogP contribution in [-0.2, 0) is 12.8 Å². The van der Waals surface area contributed by atoms with Gasteiger partial charge in [0, 0.05) is 24.1 Å². The number of nitrogens with zero attached hydrogens (tertiary/aromatic N) is 2. The molecule has 1 aromatic heterocycles. The lowest BCUT2D eigenvalue weighted by Gasteiger charge is -2.14. The number of hydrogen-bond donors (Lipinski definition) is 3. The number of urea groups is 1. The SMILES string of the molecule is O=C(Nc1ccccc1)Nc1nccnc1C(=O)NC1Cc2ccccc2C1. The summed E-state index contributed by atoms with van der Waals surface area (Å²) >= 11 is 0. The van der Waals surface area contributed by atoms with Crippen molar-refractivity contribution in [2.45, 2.75) is 18.9 Å². The van der Waals surface area contributed by atoms with E-state index >= 15 is 0 Å². The first kappa shape index (κ1) is 17.7. The molecule has 1 aliphatic rings. The van der Waals surface area contributed by atoms with Crippen LogP contribution in [0.2, 0.25) is 0 Å². The van der Waals surface area contributed by atoms with Crippen molar-refractivity contribution in [3.63, 3.8) is 0 Å². The van der Waals surface area contributed by atoms with Crippen LogP contribution in [0.25, 0.3) is 0 Å². The van der Waals surface area contributed by atoms with Gasteiger partial charge in [-0.15, -0.1) is 0 Å². The van der Waals surface area contributed by atoms with E-state index in [9.17, 15) is 9.59 Å². The van der Waals surface area contributed by atoms with Gasteiger partial charge in [-0.3, -0.25) is 10.1 Å². The summed E-state index contributed by atoms with van der Waals surface area (Å²) in [5.41, 5.74) is 3.21. The lowest BCUT2D eigenvalue weighted by molar-refractivity contribution is 0.0934. The van der Waals surface area contributed by atoms with Crippen molar-refractivity contribution in [2.75, 3.05) is 10.6 Å². The van der Waals surface area contributed by atoms with Crippen LogP contribution in [0.5, 0.6) is 0 Å². The minimum atomic E-state index is -0.492. The highest BCUT2D eigenvalue weighted by atomic mass is 16.2. The average molecular weight is 373 g/mol. The number of nitrogens with one attached hydrogen (secondary N) is 3. The highest BCUT2D eigenvalue weighted by Gasteiger charge is 2.25. The molecule has 1 aliphatic carbocycles. The third-order valence-electron chi connectivity index (χ3n) is 4.56. The number of rotatable bonds is 4. The van der Waals surface area contributed by atoms with E-state index in [1.807, 2.05) is 30.3 Å². The molecule has 3 N–H and O–H groups in total. The Morgan fingerprint density at radius 1 is 0.821 bits per heavy atom. The molecular weight excluding hydrogens is 354 g/mol. The highest BCUT2D eigenvalue weighted by molar-refractivity contribution is 6.04. The zero-order valence-corrected chi connectivity index (χ0v) is 15.1. The number of anilines is 2. The second kappa shape index (κ2) is 7.87. The molecule has 3 aromatic rings. The molecule has 3 amide bonds. The minimum absolute atomic E-state index is 0.00194. The molecule has 0 spiro atoms. The molecule has 0 fully saturated rings. The van der Waals surface area contributed by atoms with E-state index < -0.39 is 6.03 Å². The first-order valence-electron chi connectivity index (χ1n) is 9.01. The number of aromatic nitrogens is 2. The predicted molar refractivity (Wildman–Crippen MR) is 106 cm³/mol. The van der Waals surface area contributed by atoms with Gasteiger partial charge in [0.1, 0.15) is 0 Å². The van der Waals surface area contributed by atoms with E-state index in [-0.39, 0.29) is 23.5 Å². The zero-order valence-electron chi connectivity index (χ0n) is 15.1. The maximum Gasteiger partial charge on any atom is 0.324 e. The van der Waals surface area contributed by atoms with Gasteiger partial charge < -0.3 is 10.6 Å². The Bertz CT molecular complexity index is 981. The van der Waals surface area contributed by atoms with E-state index in [4.69, 9.17) is 0 Å². The molecule has 0 bridgehead atoms. The van der Waals surface area contributed by atoms with Crippen molar-refractivity contribution in [2.24, 2.45) is 0 Å². The van der Waals surface area contributed by atoms with E-state index in [1.165, 1.54) is 23.5 Å². The zero-order chi connectivity index (χ0) is 19.3. The van der Waals surface area contributed by atoms with E-state index in [1.54, 1.807) is 12.1 Å². The van der Waals surface area contributed by atoms with Gasteiger partial charge in [0.05, 0.1) is 0 Å². The molecule has 0 radical (unpaired) electrons. The predicted octanol–water partition coefficient (Wildman–Crippen LogP) is 3.02. The first-order chi connectivity index (χ1) is 13.7. The van der Waals surface area contributed by atoms with Gasteiger partial charge >= 0.3 is 6.03 Å².